The van der Waals surface area contributed by atoms with Gasteiger partial charge >= 0.3 is 5.69 Å². The fourth-order valence-electron chi connectivity index (χ4n) is 3.48. The van der Waals surface area contributed by atoms with Crippen LogP contribution in [0.25, 0.3) is 16.0 Å². The van der Waals surface area contributed by atoms with Gasteiger partial charge in [0.2, 0.25) is 5.91 Å². The third kappa shape index (κ3) is 3.20. The number of hydrogen-bond acceptors (Lipinski definition) is 7. The Morgan fingerprint density at radius 3 is 2.87 bits per heavy atom. The first kappa shape index (κ1) is 18.7. The lowest BCUT2D eigenvalue weighted by Crippen LogP contribution is -2.28. The van der Waals surface area contributed by atoms with Crippen molar-refractivity contribution in [2.45, 2.75) is 26.3 Å². The first-order valence-electron chi connectivity index (χ1n) is 9.55. The molecule has 4 heterocycles. The standard InChI is InChI=1S/C19H18FN7O2S/c1-11-4-5-12(8-13(11)20)22-14(28)9-27-19(29)26-10-21-16-15(17(26)24-27)30-18(23-16)25-6-2-3-7-25/h4-5,8,10H,2-3,6-7,9H2,1H3,(H,22,28). The summed E-state index contributed by atoms with van der Waals surface area (Å²) in [5.74, 6) is -0.889. The van der Waals surface area contributed by atoms with Crippen molar-refractivity contribution in [1.82, 2.24) is 24.1 Å². The van der Waals surface area contributed by atoms with Gasteiger partial charge in [0, 0.05) is 18.8 Å². The van der Waals surface area contributed by atoms with Crippen LogP contribution in [0.5, 0.6) is 0 Å². The molecule has 1 saturated heterocycles. The second-order valence-electron chi connectivity index (χ2n) is 7.23. The van der Waals surface area contributed by atoms with E-state index < -0.39 is 17.4 Å². The molecule has 1 amide bonds. The molecule has 1 aromatic carbocycles. The molecule has 30 heavy (non-hydrogen) atoms. The van der Waals surface area contributed by atoms with Crippen molar-refractivity contribution in [1.29, 1.82) is 0 Å². The highest BCUT2D eigenvalue weighted by Crippen LogP contribution is 2.31. The molecule has 1 aliphatic heterocycles. The Hall–Kier alpha value is -3.34. The third-order valence-corrected chi connectivity index (χ3v) is 6.19. The zero-order chi connectivity index (χ0) is 20.8. The Morgan fingerprint density at radius 2 is 2.10 bits per heavy atom. The van der Waals surface area contributed by atoms with Crippen molar-refractivity contribution in [2.24, 2.45) is 0 Å². The number of aryl methyl sites for hydroxylation is 1. The van der Waals surface area contributed by atoms with Crippen molar-refractivity contribution >= 4 is 44.1 Å². The molecule has 1 N–H and O–H groups in total. The molecule has 0 radical (unpaired) electrons. The minimum atomic E-state index is -0.477. The van der Waals surface area contributed by atoms with Gasteiger partial charge in [-0.1, -0.05) is 17.4 Å². The topological polar surface area (TPSA) is 97.4 Å². The van der Waals surface area contributed by atoms with E-state index in [0.717, 1.165) is 35.7 Å². The predicted molar refractivity (Wildman–Crippen MR) is 112 cm³/mol. The van der Waals surface area contributed by atoms with Gasteiger partial charge in [0.05, 0.1) is 0 Å². The SMILES string of the molecule is Cc1ccc(NC(=O)Cn2nc3c4sc(N5CCCC5)nc4ncn3c2=O)cc1F. The molecule has 9 nitrogen and oxygen atoms in total. The van der Waals surface area contributed by atoms with Crippen molar-refractivity contribution in [3.05, 3.63) is 46.4 Å². The van der Waals surface area contributed by atoms with Crippen LogP contribution in [0, 0.1) is 12.7 Å². The van der Waals surface area contributed by atoms with E-state index in [-0.39, 0.29) is 6.54 Å². The van der Waals surface area contributed by atoms with Crippen molar-refractivity contribution in [3.63, 3.8) is 0 Å². The summed E-state index contributed by atoms with van der Waals surface area (Å²) in [5.41, 5.74) is 1.29. The normalized spacial score (nSPS) is 14.1. The molecule has 4 aromatic rings. The smallest absolute Gasteiger partial charge is 0.348 e. The maximum absolute atomic E-state index is 13.7. The molecular weight excluding hydrogens is 409 g/mol. The predicted octanol–water partition coefficient (Wildman–Crippen LogP) is 2.19. The molecule has 0 unspecified atom stereocenters. The average molecular weight is 427 g/mol. The number of nitrogens with one attached hydrogen (secondary N) is 1. The summed E-state index contributed by atoms with van der Waals surface area (Å²) in [7, 11) is 0. The lowest BCUT2D eigenvalue weighted by molar-refractivity contribution is -0.117. The average Bonchev–Trinajstić information content (AvgIpc) is 3.44. The van der Waals surface area contributed by atoms with E-state index in [1.54, 1.807) is 19.1 Å². The van der Waals surface area contributed by atoms with E-state index in [0.29, 0.717) is 27.2 Å². The van der Waals surface area contributed by atoms with E-state index in [1.807, 2.05) is 0 Å². The second-order valence-corrected chi connectivity index (χ2v) is 8.21. The van der Waals surface area contributed by atoms with Crippen LogP contribution in [0.2, 0.25) is 0 Å². The van der Waals surface area contributed by atoms with E-state index in [1.165, 1.54) is 28.1 Å². The molecule has 0 aliphatic carbocycles. The summed E-state index contributed by atoms with van der Waals surface area (Å²) in [6.45, 7) is 3.25. The Bertz CT molecular complexity index is 1340. The molecule has 154 valence electrons. The van der Waals surface area contributed by atoms with Gasteiger partial charge in [0.25, 0.3) is 0 Å². The molecule has 0 spiro atoms. The third-order valence-electron chi connectivity index (χ3n) is 5.09. The molecule has 1 fully saturated rings. The van der Waals surface area contributed by atoms with Crippen LogP contribution in [0.15, 0.2) is 29.3 Å². The summed E-state index contributed by atoms with van der Waals surface area (Å²) in [4.78, 5) is 36.1. The monoisotopic (exact) mass is 427 g/mol. The van der Waals surface area contributed by atoms with Gasteiger partial charge in [0.1, 0.15) is 23.4 Å². The lowest BCUT2D eigenvalue weighted by atomic mass is 10.2. The molecule has 0 bridgehead atoms. The van der Waals surface area contributed by atoms with Crippen LogP contribution in [0.4, 0.5) is 15.2 Å². The minimum absolute atomic E-state index is 0.296. The number of nitrogens with zero attached hydrogens (tertiary/aromatic N) is 6. The highest BCUT2D eigenvalue weighted by Gasteiger charge is 2.20. The summed E-state index contributed by atoms with van der Waals surface area (Å²) in [5, 5.41) is 7.79. The summed E-state index contributed by atoms with van der Waals surface area (Å²) in [6.07, 6.45) is 3.64. The molecule has 11 heteroatoms. The van der Waals surface area contributed by atoms with Crippen LogP contribution < -0.4 is 15.9 Å². The summed E-state index contributed by atoms with van der Waals surface area (Å²) >= 11 is 1.45. The number of carbonyl (C=O) groups excluding carboxylic acids is 1. The lowest BCUT2D eigenvalue weighted by Gasteiger charge is -2.11. The number of thiazole rings is 1. The molecule has 5 rings (SSSR count). The zero-order valence-corrected chi connectivity index (χ0v) is 16.9. The molecule has 1 aliphatic rings. The molecule has 0 atom stereocenters. The Morgan fingerprint density at radius 1 is 1.30 bits per heavy atom. The largest absolute Gasteiger partial charge is 0.352 e. The van der Waals surface area contributed by atoms with E-state index in [4.69, 9.17) is 0 Å². The number of aromatic nitrogens is 5. The van der Waals surface area contributed by atoms with E-state index >= 15 is 0 Å². The van der Waals surface area contributed by atoms with Gasteiger partial charge in [-0.2, -0.15) is 4.98 Å². The van der Waals surface area contributed by atoms with E-state index in [9.17, 15) is 14.0 Å². The Balaban J connectivity index is 1.44. The summed E-state index contributed by atoms with van der Waals surface area (Å²) < 4.78 is 16.8. The van der Waals surface area contributed by atoms with Crippen LogP contribution in [0.1, 0.15) is 18.4 Å². The maximum atomic E-state index is 13.7. The number of fused-ring (bicyclic) bond motifs is 3. The number of amides is 1. The van der Waals surface area contributed by atoms with Crippen molar-refractivity contribution < 1.29 is 9.18 Å². The second kappa shape index (κ2) is 7.17. The van der Waals surface area contributed by atoms with E-state index in [2.05, 4.69) is 25.3 Å². The van der Waals surface area contributed by atoms with Gasteiger partial charge in [-0.15, -0.1) is 5.10 Å². The van der Waals surface area contributed by atoms with Gasteiger partial charge in [0.15, 0.2) is 16.4 Å². The highest BCUT2D eigenvalue weighted by molar-refractivity contribution is 7.22. The fraction of sp³-hybridized carbons (Fsp3) is 0.316. The highest BCUT2D eigenvalue weighted by atomic mass is 32.1. The molecule has 3 aromatic heterocycles. The number of anilines is 2. The van der Waals surface area contributed by atoms with Gasteiger partial charge < -0.3 is 10.2 Å². The van der Waals surface area contributed by atoms with Gasteiger partial charge in [-0.25, -0.2) is 23.3 Å². The number of carbonyl (C=O) groups is 1. The van der Waals surface area contributed by atoms with Crippen molar-refractivity contribution in [2.75, 3.05) is 23.3 Å². The minimum Gasteiger partial charge on any atom is -0.348 e. The van der Waals surface area contributed by atoms with Gasteiger partial charge in [-0.05, 0) is 37.5 Å². The van der Waals surface area contributed by atoms with Crippen LogP contribution in [-0.4, -0.2) is 43.1 Å². The number of rotatable bonds is 4. The summed E-state index contributed by atoms with van der Waals surface area (Å²) in [6, 6.07) is 4.42. The molecule has 0 saturated carbocycles. The quantitative estimate of drug-likeness (QED) is 0.536. The fourth-order valence-corrected chi connectivity index (χ4v) is 4.53. The van der Waals surface area contributed by atoms with Crippen LogP contribution in [0.3, 0.4) is 0 Å². The zero-order valence-electron chi connectivity index (χ0n) is 16.1. The first-order chi connectivity index (χ1) is 14.5. The number of halogens is 1. The first-order valence-corrected chi connectivity index (χ1v) is 10.4. The maximum Gasteiger partial charge on any atom is 0.352 e. The van der Waals surface area contributed by atoms with Crippen LogP contribution in [-0.2, 0) is 11.3 Å². The van der Waals surface area contributed by atoms with Crippen LogP contribution >= 0.6 is 11.3 Å². The number of benzene rings is 1. The Labute approximate surface area is 173 Å². The van der Waals surface area contributed by atoms with Gasteiger partial charge in [-0.3, -0.25) is 4.79 Å². The Kier molecular flexibility index (Phi) is 4.46. The number of hydrogen-bond donors (Lipinski definition) is 1. The molecular formula is C19H18FN7O2S. The van der Waals surface area contributed by atoms with Crippen molar-refractivity contribution in [3.8, 4) is 0 Å².